The van der Waals surface area contributed by atoms with Crippen LogP contribution < -0.4 is 5.50 Å². The van der Waals surface area contributed by atoms with Crippen molar-refractivity contribution < 1.29 is 39.3 Å². The van der Waals surface area contributed by atoms with Crippen molar-refractivity contribution in [1.29, 1.82) is 0 Å². The summed E-state index contributed by atoms with van der Waals surface area (Å²) in [7, 11) is -2.12. The van der Waals surface area contributed by atoms with E-state index in [4.69, 9.17) is 24.4 Å². The van der Waals surface area contributed by atoms with Crippen LogP contribution >= 0.6 is 8.53 Å². The van der Waals surface area contributed by atoms with E-state index in [1.54, 1.807) is 0 Å². The van der Waals surface area contributed by atoms with E-state index in [1.165, 1.54) is 0 Å². The second-order valence-corrected chi connectivity index (χ2v) is 5.15. The molecule has 0 saturated carbocycles. The summed E-state index contributed by atoms with van der Waals surface area (Å²) in [5.41, 5.74) is 3.25. The van der Waals surface area contributed by atoms with E-state index in [1.807, 2.05) is 0 Å². The van der Waals surface area contributed by atoms with Crippen LogP contribution in [0.3, 0.4) is 0 Å². The summed E-state index contributed by atoms with van der Waals surface area (Å²) in [6, 6.07) is 3.01. The van der Waals surface area contributed by atoms with Gasteiger partial charge in [0.05, 0.1) is 54.5 Å². The topological polar surface area (TPSA) is 212 Å². The lowest BCUT2D eigenvalue weighted by Crippen LogP contribution is -2.13. The first kappa shape index (κ1) is 24.2. The average Bonchev–Trinajstić information content (AvgIpc) is 2.56. The van der Waals surface area contributed by atoms with Gasteiger partial charge >= 0.3 is 0 Å². The van der Waals surface area contributed by atoms with Crippen LogP contribution in [-0.2, 0) is 9.47 Å². The molecule has 0 spiro atoms. The van der Waals surface area contributed by atoms with Gasteiger partial charge in [0.1, 0.15) is 6.10 Å². The highest BCUT2D eigenvalue weighted by molar-refractivity contribution is 7.42. The third kappa shape index (κ3) is 10.2. The Bertz CT molecular complexity index is 571. The number of nitrogens with two attached hydrogens (primary N) is 1. The SMILES string of the molecule is NP(O)O.O=[N+]([O-])c1ccc(C(O)COCCOCCO)c([N+](=O)[O-])c1. The Morgan fingerprint density at radius 3 is 2.19 bits per heavy atom. The van der Waals surface area contributed by atoms with Crippen LogP contribution in [-0.4, -0.2) is 62.9 Å². The predicted octanol–water partition coefficient (Wildman–Crippen LogP) is -0.282. The normalized spacial score (nSPS) is 11.6. The van der Waals surface area contributed by atoms with Gasteiger partial charge in [-0.3, -0.25) is 25.7 Å². The van der Waals surface area contributed by atoms with E-state index >= 15 is 0 Å². The van der Waals surface area contributed by atoms with Crippen LogP contribution in [0.15, 0.2) is 18.2 Å². The highest BCUT2D eigenvalue weighted by Crippen LogP contribution is 2.29. The van der Waals surface area contributed by atoms with Crippen LogP contribution in [0.1, 0.15) is 11.7 Å². The summed E-state index contributed by atoms with van der Waals surface area (Å²) in [6.07, 6.45) is -1.29. The minimum atomic E-state index is -2.12. The van der Waals surface area contributed by atoms with Crippen LogP contribution in [0.4, 0.5) is 11.4 Å². The van der Waals surface area contributed by atoms with Gasteiger partial charge in [-0.05, 0) is 6.07 Å². The van der Waals surface area contributed by atoms with Gasteiger partial charge in [-0.1, -0.05) is 0 Å². The number of aliphatic hydroxyl groups excluding tert-OH is 2. The Morgan fingerprint density at radius 1 is 1.12 bits per heavy atom. The van der Waals surface area contributed by atoms with Gasteiger partial charge in [0.2, 0.25) is 8.53 Å². The van der Waals surface area contributed by atoms with Gasteiger partial charge < -0.3 is 29.5 Å². The molecule has 0 heterocycles. The number of rotatable bonds is 10. The van der Waals surface area contributed by atoms with Crippen molar-refractivity contribution in [1.82, 2.24) is 0 Å². The zero-order valence-electron chi connectivity index (χ0n) is 13.5. The zero-order valence-corrected chi connectivity index (χ0v) is 14.4. The van der Waals surface area contributed by atoms with Gasteiger partial charge in [-0.25, -0.2) is 0 Å². The molecule has 1 unspecified atom stereocenters. The van der Waals surface area contributed by atoms with Crippen molar-refractivity contribution >= 4 is 19.9 Å². The minimum Gasteiger partial charge on any atom is -0.394 e. The van der Waals surface area contributed by atoms with Crippen molar-refractivity contribution in [2.45, 2.75) is 6.10 Å². The zero-order chi connectivity index (χ0) is 20.1. The van der Waals surface area contributed by atoms with Crippen molar-refractivity contribution in [3.8, 4) is 0 Å². The maximum Gasteiger partial charge on any atom is 0.282 e. The molecule has 0 bridgehead atoms. The number of hydrogen-bond donors (Lipinski definition) is 5. The van der Waals surface area contributed by atoms with E-state index in [-0.39, 0.29) is 38.6 Å². The standard InChI is InChI=1S/C12H16N2O8.H4NO2P/c15-3-4-21-5-6-22-8-12(16)10-2-1-9(13(17)18)7-11(10)14(19)20;1-4(2)3/h1-2,7,12,15-16H,3-6,8H2;2-3H,1H2. The van der Waals surface area contributed by atoms with Crippen LogP contribution in [0, 0.1) is 20.2 Å². The fourth-order valence-electron chi connectivity index (χ4n) is 1.65. The fourth-order valence-corrected chi connectivity index (χ4v) is 1.65. The molecule has 1 aromatic rings. The van der Waals surface area contributed by atoms with Crippen molar-refractivity contribution in [3.05, 3.63) is 44.0 Å². The number of hydrogen-bond acceptors (Lipinski definition) is 11. The quantitative estimate of drug-likeness (QED) is 0.150. The molecule has 0 aliphatic heterocycles. The second kappa shape index (κ2) is 13.4. The minimum absolute atomic E-state index is 0.0631. The highest BCUT2D eigenvalue weighted by Gasteiger charge is 2.24. The summed E-state index contributed by atoms with van der Waals surface area (Å²) in [5.74, 6) is 0. The summed E-state index contributed by atoms with van der Waals surface area (Å²) in [5, 5.41) is 39.9. The van der Waals surface area contributed by atoms with Crippen molar-refractivity contribution in [2.75, 3.05) is 33.0 Å². The third-order valence-electron chi connectivity index (χ3n) is 2.66. The molecule has 0 aromatic heterocycles. The van der Waals surface area contributed by atoms with E-state index in [2.05, 4.69) is 5.50 Å². The maximum atomic E-state index is 10.9. The molecule has 6 N–H and O–H groups in total. The molecule has 26 heavy (non-hydrogen) atoms. The van der Waals surface area contributed by atoms with Gasteiger partial charge in [0.15, 0.2) is 0 Å². The molecular formula is C12H20N3O10P. The van der Waals surface area contributed by atoms with E-state index < -0.39 is 35.9 Å². The number of ether oxygens (including phenoxy) is 2. The molecule has 0 amide bonds. The molecule has 1 rings (SSSR count). The Labute approximate surface area is 148 Å². The number of nitro groups is 2. The number of nitrogens with zero attached hydrogens (tertiary/aromatic N) is 2. The van der Waals surface area contributed by atoms with Crippen LogP contribution in [0.2, 0.25) is 0 Å². The highest BCUT2D eigenvalue weighted by atomic mass is 31.2. The van der Waals surface area contributed by atoms with Crippen molar-refractivity contribution in [3.63, 3.8) is 0 Å². The fraction of sp³-hybridized carbons (Fsp3) is 0.500. The van der Waals surface area contributed by atoms with Crippen molar-refractivity contribution in [2.24, 2.45) is 5.50 Å². The lowest BCUT2D eigenvalue weighted by atomic mass is 10.1. The molecule has 0 aliphatic rings. The van der Waals surface area contributed by atoms with E-state index in [9.17, 15) is 25.3 Å². The summed E-state index contributed by atoms with van der Waals surface area (Å²) < 4.78 is 10.0. The molecule has 0 radical (unpaired) electrons. The first-order valence-corrected chi connectivity index (χ1v) is 8.32. The van der Waals surface area contributed by atoms with Crippen LogP contribution in [0.25, 0.3) is 0 Å². The number of benzene rings is 1. The molecule has 148 valence electrons. The molecule has 13 nitrogen and oxygen atoms in total. The Kier molecular flexibility index (Phi) is 12.4. The van der Waals surface area contributed by atoms with Gasteiger partial charge in [-0.15, -0.1) is 0 Å². The monoisotopic (exact) mass is 397 g/mol. The lowest BCUT2D eigenvalue weighted by Gasteiger charge is -2.12. The largest absolute Gasteiger partial charge is 0.394 e. The van der Waals surface area contributed by atoms with Crippen LogP contribution in [0.5, 0.6) is 0 Å². The Morgan fingerprint density at radius 2 is 1.69 bits per heavy atom. The Balaban J connectivity index is 0.00000141. The number of aliphatic hydroxyl groups is 2. The smallest absolute Gasteiger partial charge is 0.282 e. The Hall–Kier alpha value is -1.83. The lowest BCUT2D eigenvalue weighted by molar-refractivity contribution is -0.395. The molecule has 0 saturated heterocycles. The summed E-state index contributed by atoms with van der Waals surface area (Å²) in [4.78, 5) is 34.9. The molecule has 1 aromatic carbocycles. The summed E-state index contributed by atoms with van der Waals surface area (Å²) in [6.45, 7) is 0.173. The van der Waals surface area contributed by atoms with Gasteiger partial charge in [0.25, 0.3) is 11.4 Å². The van der Waals surface area contributed by atoms with E-state index in [0.29, 0.717) is 0 Å². The average molecular weight is 397 g/mol. The first-order chi connectivity index (χ1) is 12.2. The number of nitro benzene ring substituents is 2. The number of non-ortho nitro benzene ring substituents is 1. The predicted molar refractivity (Wildman–Crippen MR) is 89.0 cm³/mol. The molecule has 0 aliphatic carbocycles. The van der Waals surface area contributed by atoms with E-state index in [0.717, 1.165) is 18.2 Å². The first-order valence-electron chi connectivity index (χ1n) is 7.00. The summed E-state index contributed by atoms with van der Waals surface area (Å²) >= 11 is 0. The molecular weight excluding hydrogens is 377 g/mol. The second-order valence-electron chi connectivity index (χ2n) is 4.50. The molecule has 14 heteroatoms. The molecule has 1 atom stereocenters. The molecule has 0 fully saturated rings. The van der Waals surface area contributed by atoms with Gasteiger partial charge in [-0.2, -0.15) is 0 Å². The van der Waals surface area contributed by atoms with Gasteiger partial charge in [0, 0.05) is 6.07 Å². The third-order valence-corrected chi connectivity index (χ3v) is 2.66. The maximum absolute atomic E-state index is 10.9.